The lowest BCUT2D eigenvalue weighted by Gasteiger charge is -2.27. The van der Waals surface area contributed by atoms with Crippen molar-refractivity contribution in [3.8, 4) is 0 Å². The summed E-state index contributed by atoms with van der Waals surface area (Å²) >= 11 is 1.45. The molecule has 1 amide bonds. The van der Waals surface area contributed by atoms with Crippen molar-refractivity contribution >= 4 is 27.7 Å². The molecule has 1 aromatic heterocycles. The van der Waals surface area contributed by atoms with E-state index in [1.54, 1.807) is 36.7 Å². The number of hydrogen-bond acceptors (Lipinski definition) is 5. The number of pyridine rings is 1. The molecule has 2 aromatic rings. The van der Waals surface area contributed by atoms with Crippen LogP contribution in [-0.4, -0.2) is 43.6 Å². The Bertz CT molecular complexity index is 896. The molecule has 0 unspecified atom stereocenters. The van der Waals surface area contributed by atoms with Gasteiger partial charge in [0.1, 0.15) is 0 Å². The van der Waals surface area contributed by atoms with Gasteiger partial charge in [-0.1, -0.05) is 6.07 Å². The van der Waals surface area contributed by atoms with Gasteiger partial charge in [-0.3, -0.25) is 9.78 Å². The number of nitrogens with one attached hydrogen (secondary N) is 1. The molecule has 1 aliphatic rings. The number of likely N-dealkylation sites (tertiary alicyclic amines) is 1. The lowest BCUT2D eigenvalue weighted by atomic mass is 10.1. The number of sulfonamides is 1. The van der Waals surface area contributed by atoms with Crippen molar-refractivity contribution in [1.29, 1.82) is 0 Å². The second-order valence-corrected chi connectivity index (χ2v) is 9.02. The normalized spacial score (nSPS) is 14.9. The minimum atomic E-state index is -3.73. The molecule has 1 aromatic carbocycles. The molecular weight excluding hydrogens is 382 g/mol. The van der Waals surface area contributed by atoms with Crippen molar-refractivity contribution in [3.05, 3.63) is 53.9 Å². The molecule has 1 N–H and O–H groups in total. The van der Waals surface area contributed by atoms with Gasteiger partial charge in [0.25, 0.3) is 5.91 Å². The zero-order chi connectivity index (χ0) is 19.3. The molecule has 0 saturated carbocycles. The summed E-state index contributed by atoms with van der Waals surface area (Å²) in [5.74, 6) is -0.0941. The fourth-order valence-corrected chi connectivity index (χ4v) is 4.67. The van der Waals surface area contributed by atoms with Crippen LogP contribution in [0.25, 0.3) is 0 Å². The van der Waals surface area contributed by atoms with Gasteiger partial charge >= 0.3 is 0 Å². The van der Waals surface area contributed by atoms with Gasteiger partial charge in [0.05, 0.1) is 10.5 Å². The molecule has 0 radical (unpaired) electrons. The van der Waals surface area contributed by atoms with E-state index in [0.717, 1.165) is 42.8 Å². The summed E-state index contributed by atoms with van der Waals surface area (Å²) in [4.78, 5) is 19.6. The van der Waals surface area contributed by atoms with Crippen LogP contribution in [0.2, 0.25) is 0 Å². The highest BCUT2D eigenvalue weighted by Crippen LogP contribution is 2.26. The third-order valence-electron chi connectivity index (χ3n) is 4.54. The van der Waals surface area contributed by atoms with Gasteiger partial charge in [0.15, 0.2) is 0 Å². The Balaban J connectivity index is 1.84. The number of carbonyl (C=O) groups excluding carboxylic acids is 1. The number of aromatic nitrogens is 1. The van der Waals surface area contributed by atoms with Gasteiger partial charge in [-0.15, -0.1) is 11.8 Å². The standard InChI is InChI=1S/C19H23N3O3S2/c1-26-18-8-7-16(12-17(18)19(23)22-10-3-2-4-11-22)27(24,25)21-14-15-6-5-9-20-13-15/h5-9,12-13,21H,2-4,10-11,14H2,1H3. The number of nitrogens with zero attached hydrogens (tertiary/aromatic N) is 2. The number of piperidine rings is 1. The predicted octanol–water partition coefficient (Wildman–Crippen LogP) is 2.91. The first-order valence-corrected chi connectivity index (χ1v) is 11.6. The molecule has 0 atom stereocenters. The monoisotopic (exact) mass is 405 g/mol. The summed E-state index contributed by atoms with van der Waals surface area (Å²) < 4.78 is 28.0. The van der Waals surface area contributed by atoms with Crippen molar-refractivity contribution in [1.82, 2.24) is 14.6 Å². The first-order valence-electron chi connectivity index (χ1n) is 8.87. The summed E-state index contributed by atoms with van der Waals surface area (Å²) in [7, 11) is -3.73. The molecule has 0 spiro atoms. The van der Waals surface area contributed by atoms with Crippen LogP contribution in [0.3, 0.4) is 0 Å². The zero-order valence-corrected chi connectivity index (χ0v) is 16.9. The van der Waals surface area contributed by atoms with Gasteiger partial charge in [-0.2, -0.15) is 0 Å². The third-order valence-corrected chi connectivity index (χ3v) is 6.74. The fourth-order valence-electron chi connectivity index (χ4n) is 3.05. The highest BCUT2D eigenvalue weighted by molar-refractivity contribution is 7.98. The molecular formula is C19H23N3O3S2. The second kappa shape index (κ2) is 8.86. The maximum atomic E-state index is 12.9. The Labute approximate surface area is 164 Å². The second-order valence-electron chi connectivity index (χ2n) is 6.40. The molecule has 0 bridgehead atoms. The number of benzene rings is 1. The van der Waals surface area contributed by atoms with Crippen molar-refractivity contribution in [2.45, 2.75) is 35.6 Å². The van der Waals surface area contributed by atoms with Gasteiger partial charge in [0.2, 0.25) is 10.0 Å². The van der Waals surface area contributed by atoms with Crippen molar-refractivity contribution in [2.24, 2.45) is 0 Å². The first kappa shape index (κ1) is 19.9. The first-order chi connectivity index (χ1) is 13.0. The summed E-state index contributed by atoms with van der Waals surface area (Å²) in [6, 6.07) is 8.31. The number of rotatable bonds is 6. The molecule has 2 heterocycles. The van der Waals surface area contributed by atoms with E-state index in [1.807, 2.05) is 11.2 Å². The molecule has 1 aliphatic heterocycles. The van der Waals surface area contributed by atoms with Crippen molar-refractivity contribution < 1.29 is 13.2 Å². The number of amides is 1. The van der Waals surface area contributed by atoms with Crippen LogP contribution in [0.5, 0.6) is 0 Å². The number of hydrogen-bond donors (Lipinski definition) is 1. The maximum absolute atomic E-state index is 12.9. The van der Waals surface area contributed by atoms with Gasteiger partial charge in [0, 0.05) is 36.9 Å². The average Bonchev–Trinajstić information content (AvgIpc) is 2.72. The minimum absolute atomic E-state index is 0.0941. The highest BCUT2D eigenvalue weighted by atomic mass is 32.2. The SMILES string of the molecule is CSc1ccc(S(=O)(=O)NCc2cccnc2)cc1C(=O)N1CCCCC1. The molecule has 1 saturated heterocycles. The van der Waals surface area contributed by atoms with E-state index >= 15 is 0 Å². The van der Waals surface area contributed by atoms with E-state index in [2.05, 4.69) is 9.71 Å². The fraction of sp³-hybridized carbons (Fsp3) is 0.368. The maximum Gasteiger partial charge on any atom is 0.255 e. The summed E-state index contributed by atoms with van der Waals surface area (Å²) in [5, 5.41) is 0. The molecule has 6 nitrogen and oxygen atoms in total. The summed E-state index contributed by atoms with van der Waals surface area (Å²) in [5.41, 5.74) is 1.22. The van der Waals surface area contributed by atoms with E-state index in [1.165, 1.54) is 17.8 Å². The zero-order valence-electron chi connectivity index (χ0n) is 15.2. The number of thioether (sulfide) groups is 1. The Morgan fingerprint density at radius 2 is 2.00 bits per heavy atom. The van der Waals surface area contributed by atoms with E-state index in [4.69, 9.17) is 0 Å². The molecule has 27 heavy (non-hydrogen) atoms. The quantitative estimate of drug-likeness (QED) is 0.748. The van der Waals surface area contributed by atoms with E-state index in [9.17, 15) is 13.2 Å². The average molecular weight is 406 g/mol. The van der Waals surface area contributed by atoms with Crippen LogP contribution >= 0.6 is 11.8 Å². The molecule has 1 fully saturated rings. The van der Waals surface area contributed by atoms with E-state index in [0.29, 0.717) is 5.56 Å². The van der Waals surface area contributed by atoms with E-state index < -0.39 is 10.0 Å². The largest absolute Gasteiger partial charge is 0.339 e. The van der Waals surface area contributed by atoms with Crippen molar-refractivity contribution in [3.63, 3.8) is 0 Å². The predicted molar refractivity (Wildman–Crippen MR) is 106 cm³/mol. The van der Waals surface area contributed by atoms with Gasteiger partial charge in [-0.25, -0.2) is 13.1 Å². The van der Waals surface area contributed by atoms with E-state index in [-0.39, 0.29) is 17.3 Å². The van der Waals surface area contributed by atoms with Crippen LogP contribution < -0.4 is 4.72 Å². The van der Waals surface area contributed by atoms with Crippen LogP contribution in [-0.2, 0) is 16.6 Å². The van der Waals surface area contributed by atoms with Crippen LogP contribution in [0, 0.1) is 0 Å². The van der Waals surface area contributed by atoms with Crippen molar-refractivity contribution in [2.75, 3.05) is 19.3 Å². The van der Waals surface area contributed by atoms with Gasteiger partial charge < -0.3 is 4.90 Å². The lowest BCUT2D eigenvalue weighted by Crippen LogP contribution is -2.36. The topological polar surface area (TPSA) is 79.4 Å². The van der Waals surface area contributed by atoms with Crippen LogP contribution in [0.4, 0.5) is 0 Å². The Kier molecular flexibility index (Phi) is 6.51. The Hall–Kier alpha value is -1.90. The Morgan fingerprint density at radius 3 is 2.67 bits per heavy atom. The lowest BCUT2D eigenvalue weighted by molar-refractivity contribution is 0.0720. The molecule has 8 heteroatoms. The molecule has 0 aliphatic carbocycles. The third kappa shape index (κ3) is 4.88. The van der Waals surface area contributed by atoms with Crippen LogP contribution in [0.1, 0.15) is 35.2 Å². The van der Waals surface area contributed by atoms with Crippen LogP contribution in [0.15, 0.2) is 52.5 Å². The number of carbonyl (C=O) groups is 1. The van der Waals surface area contributed by atoms with Gasteiger partial charge in [-0.05, 0) is 55.3 Å². The molecule has 3 rings (SSSR count). The summed E-state index contributed by atoms with van der Waals surface area (Å²) in [6.07, 6.45) is 8.25. The highest BCUT2D eigenvalue weighted by Gasteiger charge is 2.23. The minimum Gasteiger partial charge on any atom is -0.339 e. The Morgan fingerprint density at radius 1 is 1.22 bits per heavy atom. The smallest absolute Gasteiger partial charge is 0.255 e. The summed E-state index contributed by atoms with van der Waals surface area (Å²) in [6.45, 7) is 1.60. The molecule has 144 valence electrons.